The lowest BCUT2D eigenvalue weighted by molar-refractivity contribution is -0.197. The van der Waals surface area contributed by atoms with Gasteiger partial charge in [0.2, 0.25) is 5.91 Å². The van der Waals surface area contributed by atoms with Crippen LogP contribution in [-0.4, -0.2) is 28.8 Å². The summed E-state index contributed by atoms with van der Waals surface area (Å²) in [5.74, 6) is 4.64. The van der Waals surface area contributed by atoms with Crippen LogP contribution in [0.4, 0.5) is 5.69 Å². The van der Waals surface area contributed by atoms with E-state index in [-0.39, 0.29) is 31.6 Å². The summed E-state index contributed by atoms with van der Waals surface area (Å²) < 4.78 is 0. The van der Waals surface area contributed by atoms with Crippen molar-refractivity contribution in [3.63, 3.8) is 0 Å². The predicted octanol–water partition coefficient (Wildman–Crippen LogP) is 4.13. The third kappa shape index (κ3) is 5.90. The van der Waals surface area contributed by atoms with Crippen molar-refractivity contribution in [2.45, 2.75) is 58.9 Å². The summed E-state index contributed by atoms with van der Waals surface area (Å²) in [5, 5.41) is 0.545. The molecule has 0 N–H and O–H groups in total. The molecule has 176 valence electrons. The Morgan fingerprint density at radius 3 is 2.18 bits per heavy atom. The van der Waals surface area contributed by atoms with Crippen molar-refractivity contribution in [2.24, 2.45) is 0 Å². The number of hydrogen-bond donors (Lipinski definition) is 0. The number of anilines is 1. The van der Waals surface area contributed by atoms with Crippen LogP contribution in [0.2, 0.25) is 0 Å². The summed E-state index contributed by atoms with van der Waals surface area (Å²) in [4.78, 5) is 54.7. The highest BCUT2D eigenvalue weighted by molar-refractivity contribution is 6.01. The fraction of sp³-hybridized carbons (Fsp3) is 0.333. The zero-order chi connectivity index (χ0) is 24.5. The van der Waals surface area contributed by atoms with Crippen molar-refractivity contribution in [3.8, 4) is 11.8 Å². The Morgan fingerprint density at radius 2 is 1.44 bits per heavy atom. The van der Waals surface area contributed by atoms with Gasteiger partial charge in [0.05, 0.1) is 12.2 Å². The molecule has 2 aliphatic heterocycles. The van der Waals surface area contributed by atoms with E-state index in [2.05, 4.69) is 11.8 Å². The number of rotatable bonds is 6. The maximum absolute atomic E-state index is 13.1. The highest BCUT2D eigenvalue weighted by Gasteiger charge is 2.32. The number of fused-ring (bicyclic) bond motifs is 2. The molecule has 0 radical (unpaired) electrons. The molecule has 0 unspecified atom stereocenters. The van der Waals surface area contributed by atoms with Crippen LogP contribution >= 0.6 is 0 Å². The molecule has 2 aliphatic rings. The van der Waals surface area contributed by atoms with Gasteiger partial charge in [0.15, 0.2) is 0 Å². The molecule has 7 nitrogen and oxygen atoms in total. The van der Waals surface area contributed by atoms with Crippen molar-refractivity contribution >= 4 is 29.4 Å². The number of amides is 3. The Hall–Kier alpha value is -3.92. The van der Waals surface area contributed by atoms with Crippen molar-refractivity contribution in [2.75, 3.05) is 4.90 Å². The Labute approximate surface area is 199 Å². The van der Waals surface area contributed by atoms with Crippen molar-refractivity contribution in [1.29, 1.82) is 0 Å². The first-order valence-electron chi connectivity index (χ1n) is 11.6. The third-order valence-electron chi connectivity index (χ3n) is 5.39. The molecule has 0 saturated carbocycles. The van der Waals surface area contributed by atoms with Gasteiger partial charge in [0.25, 0.3) is 11.8 Å². The molecule has 0 atom stereocenters. The summed E-state index contributed by atoms with van der Waals surface area (Å²) in [7, 11) is 0. The van der Waals surface area contributed by atoms with Gasteiger partial charge in [-0.2, -0.15) is 0 Å². The third-order valence-corrected chi connectivity index (χ3v) is 5.39. The number of unbranched alkanes of at least 4 members (excludes halogenated alkanes) is 1. The molecular formula is C27H28N2O5. The fourth-order valence-corrected chi connectivity index (χ4v) is 3.69. The second-order valence-electron chi connectivity index (χ2n) is 7.66. The number of imide groups is 1. The summed E-state index contributed by atoms with van der Waals surface area (Å²) in [5.41, 5.74) is 3.43. The highest BCUT2D eigenvalue weighted by atomic mass is 16.7. The molecule has 2 aromatic carbocycles. The Kier molecular flexibility index (Phi) is 8.58. The van der Waals surface area contributed by atoms with Crippen LogP contribution in [0.15, 0.2) is 48.5 Å². The topological polar surface area (TPSA) is 84.0 Å². The molecule has 0 bridgehead atoms. The van der Waals surface area contributed by atoms with Crippen LogP contribution in [0, 0.1) is 11.8 Å². The number of benzene rings is 2. The summed E-state index contributed by atoms with van der Waals surface area (Å²) in [6, 6.07) is 15.3. The maximum atomic E-state index is 13.1. The molecule has 4 rings (SSSR count). The van der Waals surface area contributed by atoms with Gasteiger partial charge >= 0.3 is 5.97 Å². The number of para-hydroxylation sites is 1. The van der Waals surface area contributed by atoms with E-state index in [9.17, 15) is 19.2 Å². The molecule has 1 saturated heterocycles. The summed E-state index contributed by atoms with van der Waals surface area (Å²) in [6.45, 7) is 4.42. The number of carbonyl (C=O) groups excluding carboxylic acids is 4. The molecule has 2 heterocycles. The molecule has 2 aromatic rings. The molecule has 3 amide bonds. The first-order chi connectivity index (χ1) is 16.5. The minimum absolute atomic E-state index is 0.0231. The van der Waals surface area contributed by atoms with Crippen molar-refractivity contribution in [1.82, 2.24) is 5.06 Å². The van der Waals surface area contributed by atoms with E-state index in [4.69, 9.17) is 4.84 Å². The lowest BCUT2D eigenvalue weighted by Gasteiger charge is -2.26. The Balaban J connectivity index is 0.00000158. The van der Waals surface area contributed by atoms with E-state index in [0.29, 0.717) is 24.4 Å². The van der Waals surface area contributed by atoms with Crippen LogP contribution in [-0.2, 0) is 30.6 Å². The van der Waals surface area contributed by atoms with Crippen LogP contribution in [0.3, 0.4) is 0 Å². The molecule has 0 spiro atoms. The zero-order valence-corrected chi connectivity index (χ0v) is 19.5. The normalized spacial score (nSPS) is 13.9. The number of hydrogen-bond acceptors (Lipinski definition) is 5. The van der Waals surface area contributed by atoms with Crippen LogP contribution < -0.4 is 4.90 Å². The average molecular weight is 461 g/mol. The van der Waals surface area contributed by atoms with E-state index < -0.39 is 17.8 Å². The first kappa shape index (κ1) is 24.7. The number of hydroxylamine groups is 2. The van der Waals surface area contributed by atoms with Gasteiger partial charge in [-0.15, -0.1) is 5.06 Å². The minimum Gasteiger partial charge on any atom is -0.330 e. The van der Waals surface area contributed by atoms with Crippen molar-refractivity contribution < 1.29 is 24.0 Å². The Morgan fingerprint density at radius 1 is 0.853 bits per heavy atom. The number of nitrogens with zero attached hydrogens (tertiary/aromatic N) is 2. The molecule has 0 aromatic heterocycles. The van der Waals surface area contributed by atoms with E-state index in [1.807, 2.05) is 62.4 Å². The predicted molar refractivity (Wildman–Crippen MR) is 127 cm³/mol. The summed E-state index contributed by atoms with van der Waals surface area (Å²) in [6.07, 6.45) is 1.28. The van der Waals surface area contributed by atoms with E-state index in [1.165, 1.54) is 0 Å². The first-order valence-corrected chi connectivity index (χ1v) is 11.6. The quantitative estimate of drug-likeness (QED) is 0.368. The summed E-state index contributed by atoms with van der Waals surface area (Å²) >= 11 is 0. The van der Waals surface area contributed by atoms with E-state index in [0.717, 1.165) is 22.4 Å². The zero-order valence-electron chi connectivity index (χ0n) is 19.5. The van der Waals surface area contributed by atoms with Crippen LogP contribution in [0.1, 0.15) is 69.1 Å². The van der Waals surface area contributed by atoms with Gasteiger partial charge in [-0.05, 0) is 36.6 Å². The SMILES string of the molecule is CC.O=C(CCCCC(=O)N1Cc2ccccc2C#Cc2ccccc21)ON1C(=O)CCC1=O. The molecular weight excluding hydrogens is 432 g/mol. The van der Waals surface area contributed by atoms with Gasteiger partial charge < -0.3 is 9.74 Å². The average Bonchev–Trinajstić information content (AvgIpc) is 3.16. The lowest BCUT2D eigenvalue weighted by atomic mass is 10.0. The van der Waals surface area contributed by atoms with Gasteiger partial charge in [0, 0.05) is 36.8 Å². The van der Waals surface area contributed by atoms with Crippen LogP contribution in [0.25, 0.3) is 0 Å². The minimum atomic E-state index is -0.651. The van der Waals surface area contributed by atoms with Crippen molar-refractivity contribution in [3.05, 3.63) is 65.2 Å². The van der Waals surface area contributed by atoms with Gasteiger partial charge in [-0.25, -0.2) is 4.79 Å². The molecule has 7 heteroatoms. The molecule has 1 fully saturated rings. The van der Waals surface area contributed by atoms with E-state index in [1.54, 1.807) is 4.90 Å². The van der Waals surface area contributed by atoms with Crippen LogP contribution in [0.5, 0.6) is 0 Å². The highest BCUT2D eigenvalue weighted by Crippen LogP contribution is 2.26. The maximum Gasteiger partial charge on any atom is 0.333 e. The second-order valence-corrected chi connectivity index (χ2v) is 7.66. The fourth-order valence-electron chi connectivity index (χ4n) is 3.69. The largest absolute Gasteiger partial charge is 0.333 e. The number of carbonyl (C=O) groups is 4. The molecule has 0 aliphatic carbocycles. The van der Waals surface area contributed by atoms with E-state index >= 15 is 0 Å². The van der Waals surface area contributed by atoms with Gasteiger partial charge in [0.1, 0.15) is 0 Å². The second kappa shape index (κ2) is 11.8. The monoisotopic (exact) mass is 460 g/mol. The Bertz CT molecular complexity index is 1130. The standard InChI is InChI=1S/C25H22N2O5.C2H6/c28-22(11-5-6-12-25(31)32-27-23(29)15-16-24(27)30)26-17-20-9-2-1-7-18(20)13-14-19-8-3-4-10-21(19)26;1-2/h1-4,7-10H,5-6,11-12,15-17H2;1-2H3. The smallest absolute Gasteiger partial charge is 0.330 e. The molecule has 34 heavy (non-hydrogen) atoms. The van der Waals surface area contributed by atoms with Gasteiger partial charge in [-0.3, -0.25) is 14.4 Å². The van der Waals surface area contributed by atoms with Gasteiger partial charge in [-0.1, -0.05) is 56.0 Å². The lowest BCUT2D eigenvalue weighted by Crippen LogP contribution is -2.32.